The van der Waals surface area contributed by atoms with Gasteiger partial charge in [-0.1, -0.05) is 71.1 Å². The Morgan fingerprint density at radius 2 is 1.56 bits per heavy atom. The third-order valence-electron chi connectivity index (χ3n) is 3.74. The minimum atomic E-state index is -0.0185. The quantitative estimate of drug-likeness (QED) is 0.507. The summed E-state index contributed by atoms with van der Waals surface area (Å²) >= 11 is 0. The molecule has 0 saturated heterocycles. The first-order chi connectivity index (χ1) is 7.83. The molecule has 0 aromatic heterocycles. The van der Waals surface area contributed by atoms with Gasteiger partial charge in [-0.2, -0.15) is 0 Å². The summed E-state index contributed by atoms with van der Waals surface area (Å²) in [7, 11) is 0. The number of hydrogen-bond acceptors (Lipinski definition) is 1. The first-order valence-electron chi connectivity index (χ1n) is 7.51. The van der Waals surface area contributed by atoms with Crippen molar-refractivity contribution in [2.45, 2.75) is 90.1 Å². The first kappa shape index (κ1) is 14.0. The van der Waals surface area contributed by atoms with Crippen molar-refractivity contribution < 1.29 is 5.11 Å². The Labute approximate surface area is 102 Å². The Bertz CT molecular complexity index is 152. The fourth-order valence-electron chi connectivity index (χ4n) is 2.35. The summed E-state index contributed by atoms with van der Waals surface area (Å²) in [6.07, 6.45) is 15.6. The molecule has 0 bridgehead atoms. The largest absolute Gasteiger partial charge is 0.393 e. The molecule has 1 nitrogen and oxygen atoms in total. The van der Waals surface area contributed by atoms with Crippen LogP contribution >= 0.6 is 0 Å². The maximum absolute atomic E-state index is 9.73. The van der Waals surface area contributed by atoms with Crippen molar-refractivity contribution in [2.75, 3.05) is 0 Å². The highest BCUT2D eigenvalue weighted by molar-refractivity contribution is 4.72. The van der Waals surface area contributed by atoms with Crippen LogP contribution in [-0.4, -0.2) is 11.2 Å². The van der Waals surface area contributed by atoms with Crippen LogP contribution in [0.15, 0.2) is 0 Å². The standard InChI is InChI=1S/C15H30O/c1-2-3-6-10-15(16)11-8-5-4-7-9-14-12-13-14/h14-16H,2-13H2,1H3. The van der Waals surface area contributed by atoms with Crippen LogP contribution in [0.4, 0.5) is 0 Å². The van der Waals surface area contributed by atoms with Crippen molar-refractivity contribution in [1.29, 1.82) is 0 Å². The average molecular weight is 226 g/mol. The molecule has 0 spiro atoms. The van der Waals surface area contributed by atoms with E-state index in [-0.39, 0.29) is 6.10 Å². The normalized spacial score (nSPS) is 17.6. The Balaban J connectivity index is 1.74. The lowest BCUT2D eigenvalue weighted by Gasteiger charge is -2.09. The van der Waals surface area contributed by atoms with Gasteiger partial charge < -0.3 is 5.11 Å². The summed E-state index contributed by atoms with van der Waals surface area (Å²) in [5, 5.41) is 9.73. The van der Waals surface area contributed by atoms with Gasteiger partial charge in [0.2, 0.25) is 0 Å². The monoisotopic (exact) mass is 226 g/mol. The molecular formula is C15H30O. The number of rotatable bonds is 11. The van der Waals surface area contributed by atoms with Crippen LogP contribution in [0.25, 0.3) is 0 Å². The summed E-state index contributed by atoms with van der Waals surface area (Å²) < 4.78 is 0. The molecule has 1 saturated carbocycles. The minimum absolute atomic E-state index is 0.0185. The molecule has 0 aromatic rings. The molecule has 96 valence electrons. The zero-order chi connectivity index (χ0) is 11.6. The van der Waals surface area contributed by atoms with E-state index in [0.29, 0.717) is 0 Å². The molecule has 16 heavy (non-hydrogen) atoms. The van der Waals surface area contributed by atoms with Gasteiger partial charge in [0.25, 0.3) is 0 Å². The SMILES string of the molecule is CCCCCC(O)CCCCCCC1CC1. The van der Waals surface area contributed by atoms with E-state index in [1.807, 2.05) is 0 Å². The molecule has 1 N–H and O–H groups in total. The van der Waals surface area contributed by atoms with Gasteiger partial charge in [-0.25, -0.2) is 0 Å². The summed E-state index contributed by atoms with van der Waals surface area (Å²) in [5.74, 6) is 1.10. The maximum atomic E-state index is 9.73. The van der Waals surface area contributed by atoms with Gasteiger partial charge in [0.1, 0.15) is 0 Å². The van der Waals surface area contributed by atoms with Gasteiger partial charge in [0, 0.05) is 0 Å². The molecule has 1 rings (SSSR count). The van der Waals surface area contributed by atoms with Crippen LogP contribution in [0.2, 0.25) is 0 Å². The molecule has 1 unspecified atom stereocenters. The molecule has 1 atom stereocenters. The first-order valence-corrected chi connectivity index (χ1v) is 7.51. The van der Waals surface area contributed by atoms with Crippen molar-refractivity contribution in [1.82, 2.24) is 0 Å². The van der Waals surface area contributed by atoms with Crippen molar-refractivity contribution in [3.63, 3.8) is 0 Å². The van der Waals surface area contributed by atoms with Crippen molar-refractivity contribution in [3.05, 3.63) is 0 Å². The third-order valence-corrected chi connectivity index (χ3v) is 3.74. The highest BCUT2D eigenvalue weighted by atomic mass is 16.3. The molecule has 1 aliphatic rings. The number of aliphatic hydroxyl groups is 1. The molecule has 1 aliphatic carbocycles. The zero-order valence-electron chi connectivity index (χ0n) is 11.1. The topological polar surface area (TPSA) is 20.2 Å². The third kappa shape index (κ3) is 8.15. The molecule has 1 heteroatoms. The van der Waals surface area contributed by atoms with Crippen molar-refractivity contribution >= 4 is 0 Å². The number of hydrogen-bond donors (Lipinski definition) is 1. The van der Waals surface area contributed by atoms with Gasteiger partial charge in [-0.3, -0.25) is 0 Å². The summed E-state index contributed by atoms with van der Waals surface area (Å²) in [6.45, 7) is 2.21. The van der Waals surface area contributed by atoms with Crippen LogP contribution in [-0.2, 0) is 0 Å². The molecule has 0 amide bonds. The van der Waals surface area contributed by atoms with E-state index in [1.165, 1.54) is 64.2 Å². The van der Waals surface area contributed by atoms with Gasteiger partial charge in [0.15, 0.2) is 0 Å². The van der Waals surface area contributed by atoms with Crippen LogP contribution in [0.3, 0.4) is 0 Å². The predicted octanol–water partition coefficient (Wildman–Crippen LogP) is 4.68. The Morgan fingerprint density at radius 3 is 2.19 bits per heavy atom. The van der Waals surface area contributed by atoms with Crippen LogP contribution in [0.1, 0.15) is 84.0 Å². The Hall–Kier alpha value is -0.0400. The van der Waals surface area contributed by atoms with E-state index >= 15 is 0 Å². The minimum Gasteiger partial charge on any atom is -0.393 e. The van der Waals surface area contributed by atoms with Crippen LogP contribution < -0.4 is 0 Å². The second kappa shape index (κ2) is 9.04. The van der Waals surface area contributed by atoms with E-state index in [0.717, 1.165) is 18.8 Å². The summed E-state index contributed by atoms with van der Waals surface area (Å²) in [5.41, 5.74) is 0. The Morgan fingerprint density at radius 1 is 0.938 bits per heavy atom. The highest BCUT2D eigenvalue weighted by Crippen LogP contribution is 2.34. The fourth-order valence-corrected chi connectivity index (χ4v) is 2.35. The van der Waals surface area contributed by atoms with E-state index in [9.17, 15) is 5.11 Å². The molecule has 1 fully saturated rings. The van der Waals surface area contributed by atoms with Crippen molar-refractivity contribution in [2.24, 2.45) is 5.92 Å². The van der Waals surface area contributed by atoms with Crippen LogP contribution in [0.5, 0.6) is 0 Å². The lowest BCUT2D eigenvalue weighted by atomic mass is 10.0. The average Bonchev–Trinajstić information content (AvgIpc) is 3.07. The van der Waals surface area contributed by atoms with Gasteiger partial charge in [-0.05, 0) is 18.8 Å². The lowest BCUT2D eigenvalue weighted by molar-refractivity contribution is 0.147. The van der Waals surface area contributed by atoms with Crippen molar-refractivity contribution in [3.8, 4) is 0 Å². The fraction of sp³-hybridized carbons (Fsp3) is 1.00. The molecule has 0 aromatic carbocycles. The zero-order valence-corrected chi connectivity index (χ0v) is 11.1. The summed E-state index contributed by atoms with van der Waals surface area (Å²) in [4.78, 5) is 0. The number of aliphatic hydroxyl groups excluding tert-OH is 1. The highest BCUT2D eigenvalue weighted by Gasteiger charge is 2.19. The molecule has 0 radical (unpaired) electrons. The van der Waals surface area contributed by atoms with E-state index in [2.05, 4.69) is 6.92 Å². The second-order valence-corrected chi connectivity index (χ2v) is 5.58. The summed E-state index contributed by atoms with van der Waals surface area (Å²) in [6, 6.07) is 0. The molecule has 0 aliphatic heterocycles. The Kier molecular flexibility index (Phi) is 7.92. The molecule has 0 heterocycles. The van der Waals surface area contributed by atoms with Gasteiger partial charge in [0.05, 0.1) is 6.10 Å². The second-order valence-electron chi connectivity index (χ2n) is 5.58. The number of unbranched alkanes of at least 4 members (excludes halogenated alkanes) is 5. The lowest BCUT2D eigenvalue weighted by Crippen LogP contribution is -2.05. The van der Waals surface area contributed by atoms with E-state index < -0.39 is 0 Å². The van der Waals surface area contributed by atoms with Gasteiger partial charge >= 0.3 is 0 Å². The van der Waals surface area contributed by atoms with E-state index in [1.54, 1.807) is 0 Å². The van der Waals surface area contributed by atoms with E-state index in [4.69, 9.17) is 0 Å². The van der Waals surface area contributed by atoms with Gasteiger partial charge in [-0.15, -0.1) is 0 Å². The maximum Gasteiger partial charge on any atom is 0.0540 e. The smallest absolute Gasteiger partial charge is 0.0540 e. The van der Waals surface area contributed by atoms with Crippen LogP contribution in [0, 0.1) is 5.92 Å². The predicted molar refractivity (Wildman–Crippen MR) is 70.6 cm³/mol. The molecular weight excluding hydrogens is 196 g/mol.